The predicted molar refractivity (Wildman–Crippen MR) is 119 cm³/mol. The molecular formula is C20H17Cl3F3N3O2S. The van der Waals surface area contributed by atoms with E-state index in [9.17, 15) is 22.2 Å². The number of rotatable bonds is 2. The van der Waals surface area contributed by atoms with Crippen LogP contribution in [0.25, 0.3) is 0 Å². The van der Waals surface area contributed by atoms with Gasteiger partial charge in [0.05, 0.1) is 26.2 Å². The summed E-state index contributed by atoms with van der Waals surface area (Å²) in [5, 5.41) is 0.320. The van der Waals surface area contributed by atoms with E-state index in [0.717, 1.165) is 12.3 Å². The van der Waals surface area contributed by atoms with Crippen molar-refractivity contribution in [3.63, 3.8) is 0 Å². The van der Waals surface area contributed by atoms with Gasteiger partial charge in [0.15, 0.2) is 0 Å². The lowest BCUT2D eigenvalue weighted by molar-refractivity contribution is -0.137. The van der Waals surface area contributed by atoms with Crippen molar-refractivity contribution in [3.8, 4) is 0 Å². The molecule has 2 aromatic rings. The highest BCUT2D eigenvalue weighted by Gasteiger charge is 2.52. The topological polar surface area (TPSA) is 53.5 Å². The summed E-state index contributed by atoms with van der Waals surface area (Å²) in [7, 11) is -1.31. The maximum atomic E-state index is 13.3. The number of hydrogen-bond acceptors (Lipinski definition) is 4. The van der Waals surface area contributed by atoms with Crippen molar-refractivity contribution in [3.05, 3.63) is 56.7 Å². The number of anilines is 1. The summed E-state index contributed by atoms with van der Waals surface area (Å²) >= 11 is 18.5. The monoisotopic (exact) mass is 525 g/mol. The van der Waals surface area contributed by atoms with Gasteiger partial charge in [0.1, 0.15) is 10.7 Å². The van der Waals surface area contributed by atoms with Crippen molar-refractivity contribution in [2.75, 3.05) is 30.3 Å². The molecule has 2 saturated heterocycles. The molecule has 12 heteroatoms. The van der Waals surface area contributed by atoms with Crippen LogP contribution in [-0.2, 0) is 17.0 Å². The SMILES string of the molecule is O=C(c1c(Cl)cccc1Cl)N1CCS(=O)C12CCN(c1ncc(C(F)(F)F)cc1Cl)CC2. The van der Waals surface area contributed by atoms with Crippen LogP contribution in [0, 0.1) is 0 Å². The minimum absolute atomic E-state index is 0.112. The van der Waals surface area contributed by atoms with Gasteiger partial charge in [-0.25, -0.2) is 4.98 Å². The van der Waals surface area contributed by atoms with Crippen molar-refractivity contribution >= 4 is 57.3 Å². The second-order valence-electron chi connectivity index (χ2n) is 7.56. The van der Waals surface area contributed by atoms with Crippen LogP contribution in [0.4, 0.5) is 19.0 Å². The molecular weight excluding hydrogens is 510 g/mol. The molecule has 2 aliphatic rings. The van der Waals surface area contributed by atoms with Crippen LogP contribution in [0.3, 0.4) is 0 Å². The van der Waals surface area contributed by atoms with Gasteiger partial charge < -0.3 is 9.80 Å². The van der Waals surface area contributed by atoms with Gasteiger partial charge in [0.25, 0.3) is 5.91 Å². The van der Waals surface area contributed by atoms with Crippen LogP contribution in [0.15, 0.2) is 30.5 Å². The zero-order chi connectivity index (χ0) is 23.3. The summed E-state index contributed by atoms with van der Waals surface area (Å²) in [5.41, 5.74) is -0.756. The quantitative estimate of drug-likeness (QED) is 0.536. The number of piperidine rings is 1. The summed E-state index contributed by atoms with van der Waals surface area (Å²) in [5.74, 6) is 0.170. The molecule has 2 fully saturated rings. The molecule has 0 aliphatic carbocycles. The van der Waals surface area contributed by atoms with E-state index in [2.05, 4.69) is 4.98 Å². The molecule has 2 aliphatic heterocycles. The number of carbonyl (C=O) groups is 1. The number of hydrogen-bond donors (Lipinski definition) is 0. The average Bonchev–Trinajstić information content (AvgIpc) is 3.03. The average molecular weight is 527 g/mol. The van der Waals surface area contributed by atoms with Crippen LogP contribution in [-0.4, -0.2) is 50.3 Å². The summed E-state index contributed by atoms with van der Waals surface area (Å²) < 4.78 is 51.7. The van der Waals surface area contributed by atoms with Gasteiger partial charge in [-0.2, -0.15) is 13.2 Å². The number of nitrogens with zero attached hydrogens (tertiary/aromatic N) is 3. The van der Waals surface area contributed by atoms with Gasteiger partial charge in [-0.1, -0.05) is 40.9 Å². The Hall–Kier alpha value is -1.55. The Kier molecular flexibility index (Phi) is 6.39. The molecule has 3 heterocycles. The summed E-state index contributed by atoms with van der Waals surface area (Å²) in [4.78, 5) is 19.6. The van der Waals surface area contributed by atoms with Crippen molar-refractivity contribution in [2.24, 2.45) is 0 Å². The third-order valence-electron chi connectivity index (χ3n) is 5.83. The van der Waals surface area contributed by atoms with Crippen LogP contribution < -0.4 is 4.90 Å². The Morgan fingerprint density at radius 3 is 2.25 bits per heavy atom. The van der Waals surface area contributed by atoms with Crippen LogP contribution in [0.5, 0.6) is 0 Å². The molecule has 1 atom stereocenters. The Morgan fingerprint density at radius 2 is 1.69 bits per heavy atom. The summed E-state index contributed by atoms with van der Waals surface area (Å²) in [6.07, 6.45) is -3.11. The Balaban J connectivity index is 1.57. The highest BCUT2D eigenvalue weighted by molar-refractivity contribution is 7.86. The first-order valence-corrected chi connectivity index (χ1v) is 12.1. The zero-order valence-electron chi connectivity index (χ0n) is 16.5. The molecule has 1 aromatic carbocycles. The Morgan fingerprint density at radius 1 is 1.06 bits per heavy atom. The van der Waals surface area contributed by atoms with Crippen molar-refractivity contribution < 1.29 is 22.2 Å². The van der Waals surface area contributed by atoms with Gasteiger partial charge in [0.2, 0.25) is 0 Å². The number of carbonyl (C=O) groups excluding carboxylic acids is 1. The van der Waals surface area contributed by atoms with E-state index >= 15 is 0 Å². The molecule has 172 valence electrons. The normalized spacial score (nSPS) is 20.8. The number of alkyl halides is 3. The number of halogens is 6. The molecule has 1 amide bonds. The smallest absolute Gasteiger partial charge is 0.355 e. The van der Waals surface area contributed by atoms with Gasteiger partial charge in [-0.15, -0.1) is 0 Å². The molecule has 4 rings (SSSR count). The molecule has 1 aromatic heterocycles. The van der Waals surface area contributed by atoms with Crippen LogP contribution in [0.1, 0.15) is 28.8 Å². The van der Waals surface area contributed by atoms with Crippen molar-refractivity contribution in [2.45, 2.75) is 23.9 Å². The third-order valence-corrected chi connectivity index (χ3v) is 8.77. The van der Waals surface area contributed by atoms with Gasteiger partial charge in [-0.3, -0.25) is 9.00 Å². The lowest BCUT2D eigenvalue weighted by Gasteiger charge is -2.44. The number of pyridine rings is 1. The molecule has 0 radical (unpaired) electrons. The predicted octanol–water partition coefficient (Wildman–Crippen LogP) is 5.26. The van der Waals surface area contributed by atoms with E-state index in [1.807, 2.05) is 0 Å². The van der Waals surface area contributed by atoms with Gasteiger partial charge in [-0.05, 0) is 18.2 Å². The Labute approximate surface area is 199 Å². The molecule has 1 unspecified atom stereocenters. The van der Waals surface area contributed by atoms with Gasteiger partial charge >= 0.3 is 6.18 Å². The van der Waals surface area contributed by atoms with Crippen LogP contribution in [0.2, 0.25) is 15.1 Å². The third kappa shape index (κ3) is 4.08. The van der Waals surface area contributed by atoms with E-state index in [1.54, 1.807) is 28.0 Å². The number of amides is 1. The summed E-state index contributed by atoms with van der Waals surface area (Å²) in [6, 6.07) is 5.62. The number of aromatic nitrogens is 1. The fourth-order valence-electron chi connectivity index (χ4n) is 4.20. The highest BCUT2D eigenvalue weighted by atomic mass is 35.5. The van der Waals surface area contributed by atoms with E-state index in [4.69, 9.17) is 34.8 Å². The number of benzene rings is 1. The minimum Gasteiger partial charge on any atom is -0.355 e. The lowest BCUT2D eigenvalue weighted by atomic mass is 10.0. The minimum atomic E-state index is -4.54. The fraction of sp³-hybridized carbons (Fsp3) is 0.400. The molecule has 32 heavy (non-hydrogen) atoms. The second kappa shape index (κ2) is 8.66. The first-order chi connectivity index (χ1) is 15.0. The Bertz CT molecular complexity index is 1070. The zero-order valence-corrected chi connectivity index (χ0v) is 19.5. The van der Waals surface area contributed by atoms with Gasteiger partial charge in [0, 0.05) is 55.2 Å². The first kappa shape index (κ1) is 23.6. The lowest BCUT2D eigenvalue weighted by Crippen LogP contribution is -2.56. The first-order valence-electron chi connectivity index (χ1n) is 9.67. The van der Waals surface area contributed by atoms with E-state index in [1.165, 1.54) is 0 Å². The van der Waals surface area contributed by atoms with Crippen LogP contribution >= 0.6 is 34.8 Å². The molecule has 0 saturated carbocycles. The maximum Gasteiger partial charge on any atom is 0.417 e. The molecule has 0 N–H and O–H groups in total. The van der Waals surface area contributed by atoms with E-state index in [0.29, 0.717) is 38.2 Å². The summed E-state index contributed by atoms with van der Waals surface area (Å²) in [6.45, 7) is 0.944. The standard InChI is InChI=1S/C20H17Cl3F3N3O2S/c21-13-2-1-3-14(22)16(13)18(30)29-8-9-32(31)19(29)4-6-28(7-5-19)17-15(23)10-12(11-27-17)20(24,25)26/h1-3,10-11H,4-9H2. The highest BCUT2D eigenvalue weighted by Crippen LogP contribution is 2.41. The molecule has 5 nitrogen and oxygen atoms in total. The van der Waals surface area contributed by atoms with Crippen molar-refractivity contribution in [1.29, 1.82) is 0 Å². The molecule has 1 spiro atoms. The maximum absolute atomic E-state index is 13.3. The second-order valence-corrected chi connectivity index (χ2v) is 10.6. The van der Waals surface area contributed by atoms with E-state index < -0.39 is 27.4 Å². The van der Waals surface area contributed by atoms with E-state index in [-0.39, 0.29) is 32.4 Å². The molecule has 0 bridgehead atoms. The largest absolute Gasteiger partial charge is 0.417 e. The fourth-order valence-corrected chi connectivity index (χ4v) is 6.83. The van der Waals surface area contributed by atoms with Crippen molar-refractivity contribution in [1.82, 2.24) is 9.88 Å².